The third-order valence-corrected chi connectivity index (χ3v) is 4.35. The number of hydrogen-bond donors (Lipinski definition) is 1. The zero-order chi connectivity index (χ0) is 14.7. The summed E-state index contributed by atoms with van der Waals surface area (Å²) in [6.07, 6.45) is 3.81. The Labute approximate surface area is 127 Å². The number of aromatic hydroxyl groups is 1. The molecule has 1 fully saturated rings. The zero-order valence-corrected chi connectivity index (χ0v) is 12.6. The van der Waals surface area contributed by atoms with Gasteiger partial charge in [0.25, 0.3) is 0 Å². The minimum atomic E-state index is 0.159. The van der Waals surface area contributed by atoms with Gasteiger partial charge in [-0.3, -0.25) is 4.90 Å². The quantitative estimate of drug-likeness (QED) is 0.908. The van der Waals surface area contributed by atoms with Crippen LogP contribution in [0.5, 0.6) is 5.75 Å². The van der Waals surface area contributed by atoms with Crippen molar-refractivity contribution < 1.29 is 5.11 Å². The molecular formula is C19H23NO. The topological polar surface area (TPSA) is 23.5 Å². The van der Waals surface area contributed by atoms with Crippen LogP contribution in [0.15, 0.2) is 48.5 Å². The maximum atomic E-state index is 10.4. The Kier molecular flexibility index (Phi) is 4.26. The molecule has 0 amide bonds. The van der Waals surface area contributed by atoms with Gasteiger partial charge in [-0.1, -0.05) is 54.4 Å². The average Bonchev–Trinajstić information content (AvgIpc) is 2.53. The van der Waals surface area contributed by atoms with Crippen LogP contribution < -0.4 is 0 Å². The van der Waals surface area contributed by atoms with Crippen LogP contribution in [0.3, 0.4) is 0 Å². The van der Waals surface area contributed by atoms with Crippen LogP contribution in [0.2, 0.25) is 0 Å². The van der Waals surface area contributed by atoms with Crippen molar-refractivity contribution in [1.82, 2.24) is 4.90 Å². The smallest absolute Gasteiger partial charge is 0.120 e. The highest BCUT2D eigenvalue weighted by molar-refractivity contribution is 5.43. The van der Waals surface area contributed by atoms with E-state index in [1.54, 1.807) is 0 Å². The summed E-state index contributed by atoms with van der Waals surface area (Å²) >= 11 is 0. The monoisotopic (exact) mass is 281 g/mol. The SMILES string of the molecule is Cc1ccc(O)c(C(c2ccccc2)N2CCCCC2)c1. The highest BCUT2D eigenvalue weighted by Gasteiger charge is 2.25. The molecule has 2 nitrogen and oxygen atoms in total. The number of benzene rings is 2. The van der Waals surface area contributed by atoms with E-state index in [9.17, 15) is 5.11 Å². The van der Waals surface area contributed by atoms with Gasteiger partial charge in [0, 0.05) is 5.56 Å². The summed E-state index contributed by atoms with van der Waals surface area (Å²) in [5.74, 6) is 0.403. The van der Waals surface area contributed by atoms with Gasteiger partial charge < -0.3 is 5.11 Å². The first kappa shape index (κ1) is 14.2. The van der Waals surface area contributed by atoms with Crippen molar-refractivity contribution in [3.05, 3.63) is 65.2 Å². The van der Waals surface area contributed by atoms with Crippen LogP contribution in [0.25, 0.3) is 0 Å². The number of aryl methyl sites for hydroxylation is 1. The third kappa shape index (κ3) is 3.11. The summed E-state index contributed by atoms with van der Waals surface area (Å²) < 4.78 is 0. The van der Waals surface area contributed by atoms with Crippen molar-refractivity contribution in [2.75, 3.05) is 13.1 Å². The average molecular weight is 281 g/mol. The van der Waals surface area contributed by atoms with E-state index in [2.05, 4.69) is 42.2 Å². The molecule has 21 heavy (non-hydrogen) atoms. The molecule has 1 saturated heterocycles. The van der Waals surface area contributed by atoms with Crippen LogP contribution in [-0.2, 0) is 0 Å². The van der Waals surface area contributed by atoms with E-state index in [1.165, 1.54) is 30.4 Å². The Morgan fingerprint density at radius 3 is 2.38 bits per heavy atom. The molecule has 0 radical (unpaired) electrons. The summed E-state index contributed by atoms with van der Waals surface area (Å²) in [7, 11) is 0. The molecule has 0 aromatic heterocycles. The molecule has 1 heterocycles. The zero-order valence-electron chi connectivity index (χ0n) is 12.6. The molecule has 2 aromatic carbocycles. The van der Waals surface area contributed by atoms with Crippen LogP contribution in [0, 0.1) is 6.92 Å². The van der Waals surface area contributed by atoms with Gasteiger partial charge in [-0.15, -0.1) is 0 Å². The van der Waals surface area contributed by atoms with Gasteiger partial charge in [0.05, 0.1) is 6.04 Å². The van der Waals surface area contributed by atoms with Crippen molar-refractivity contribution in [1.29, 1.82) is 0 Å². The standard InChI is InChI=1S/C19H23NO/c1-15-10-11-18(21)17(14-15)19(16-8-4-2-5-9-16)20-12-6-3-7-13-20/h2,4-5,8-11,14,19,21H,3,6-7,12-13H2,1H3. The first-order chi connectivity index (χ1) is 10.3. The van der Waals surface area contributed by atoms with Gasteiger partial charge in [-0.25, -0.2) is 0 Å². The van der Waals surface area contributed by atoms with E-state index in [-0.39, 0.29) is 6.04 Å². The largest absolute Gasteiger partial charge is 0.508 e. The van der Waals surface area contributed by atoms with Gasteiger partial charge in [0.1, 0.15) is 5.75 Å². The van der Waals surface area contributed by atoms with Crippen LogP contribution in [-0.4, -0.2) is 23.1 Å². The normalized spacial score (nSPS) is 17.6. The molecule has 0 aliphatic carbocycles. The molecule has 0 spiro atoms. The van der Waals surface area contributed by atoms with E-state index >= 15 is 0 Å². The predicted molar refractivity (Wildman–Crippen MR) is 86.6 cm³/mol. The predicted octanol–water partition coefficient (Wildman–Crippen LogP) is 4.28. The van der Waals surface area contributed by atoms with E-state index < -0.39 is 0 Å². The Morgan fingerprint density at radius 1 is 0.952 bits per heavy atom. The summed E-state index contributed by atoms with van der Waals surface area (Å²) in [6, 6.07) is 16.6. The number of piperidine rings is 1. The number of phenolic OH excluding ortho intramolecular Hbond substituents is 1. The second-order valence-electron chi connectivity index (χ2n) is 5.97. The van der Waals surface area contributed by atoms with E-state index in [0.29, 0.717) is 5.75 Å². The number of nitrogens with zero attached hydrogens (tertiary/aromatic N) is 1. The number of phenols is 1. The van der Waals surface area contributed by atoms with E-state index in [1.807, 2.05) is 18.2 Å². The third-order valence-electron chi connectivity index (χ3n) is 4.35. The molecule has 2 heteroatoms. The van der Waals surface area contributed by atoms with Crippen molar-refractivity contribution in [3.63, 3.8) is 0 Å². The van der Waals surface area contributed by atoms with Gasteiger partial charge in [-0.2, -0.15) is 0 Å². The highest BCUT2D eigenvalue weighted by Crippen LogP contribution is 2.36. The van der Waals surface area contributed by atoms with Crippen LogP contribution in [0.4, 0.5) is 0 Å². The Balaban J connectivity index is 2.05. The fourth-order valence-electron chi connectivity index (χ4n) is 3.29. The number of hydrogen-bond acceptors (Lipinski definition) is 2. The summed E-state index contributed by atoms with van der Waals surface area (Å²) in [5, 5.41) is 10.4. The first-order valence-electron chi connectivity index (χ1n) is 7.84. The fourth-order valence-corrected chi connectivity index (χ4v) is 3.29. The molecule has 3 rings (SSSR count). The lowest BCUT2D eigenvalue weighted by molar-refractivity contribution is 0.185. The first-order valence-corrected chi connectivity index (χ1v) is 7.84. The second kappa shape index (κ2) is 6.31. The lowest BCUT2D eigenvalue weighted by Crippen LogP contribution is -2.34. The molecule has 1 N–H and O–H groups in total. The van der Waals surface area contributed by atoms with Crippen molar-refractivity contribution in [2.45, 2.75) is 32.2 Å². The minimum absolute atomic E-state index is 0.159. The molecule has 2 aromatic rings. The molecule has 1 unspecified atom stereocenters. The Morgan fingerprint density at radius 2 is 1.67 bits per heavy atom. The number of likely N-dealkylation sites (tertiary alicyclic amines) is 1. The van der Waals surface area contributed by atoms with Gasteiger partial charge in [0.15, 0.2) is 0 Å². The molecular weight excluding hydrogens is 258 g/mol. The van der Waals surface area contributed by atoms with Gasteiger partial charge >= 0.3 is 0 Å². The lowest BCUT2D eigenvalue weighted by Gasteiger charge is -2.35. The Hall–Kier alpha value is -1.80. The van der Waals surface area contributed by atoms with Crippen LogP contribution in [0.1, 0.15) is 42.0 Å². The van der Waals surface area contributed by atoms with Gasteiger partial charge in [0.2, 0.25) is 0 Å². The molecule has 1 aliphatic heterocycles. The minimum Gasteiger partial charge on any atom is -0.508 e. The van der Waals surface area contributed by atoms with Crippen molar-refractivity contribution in [3.8, 4) is 5.75 Å². The maximum Gasteiger partial charge on any atom is 0.120 e. The lowest BCUT2D eigenvalue weighted by atomic mass is 9.93. The second-order valence-corrected chi connectivity index (χ2v) is 5.97. The van der Waals surface area contributed by atoms with Crippen LogP contribution >= 0.6 is 0 Å². The van der Waals surface area contributed by atoms with Crippen molar-refractivity contribution >= 4 is 0 Å². The van der Waals surface area contributed by atoms with Gasteiger partial charge in [-0.05, 0) is 44.5 Å². The summed E-state index contributed by atoms with van der Waals surface area (Å²) in [4.78, 5) is 2.51. The summed E-state index contributed by atoms with van der Waals surface area (Å²) in [6.45, 7) is 4.29. The Bertz CT molecular complexity index is 588. The summed E-state index contributed by atoms with van der Waals surface area (Å²) in [5.41, 5.74) is 3.49. The van der Waals surface area contributed by atoms with Crippen molar-refractivity contribution in [2.24, 2.45) is 0 Å². The van der Waals surface area contributed by atoms with E-state index in [4.69, 9.17) is 0 Å². The molecule has 1 atom stereocenters. The molecule has 0 saturated carbocycles. The van der Waals surface area contributed by atoms with E-state index in [0.717, 1.165) is 18.7 Å². The highest BCUT2D eigenvalue weighted by atomic mass is 16.3. The molecule has 110 valence electrons. The molecule has 0 bridgehead atoms. The molecule has 1 aliphatic rings. The number of rotatable bonds is 3. The fraction of sp³-hybridized carbons (Fsp3) is 0.368. The maximum absolute atomic E-state index is 10.4.